The smallest absolute Gasteiger partial charge is 0.265 e. The molecule has 7 nitrogen and oxygen atoms in total. The molecule has 3 aromatic carbocycles. The first-order valence-corrected chi connectivity index (χ1v) is 13.9. The van der Waals surface area contributed by atoms with Crippen molar-refractivity contribution in [2.24, 2.45) is 5.92 Å². The number of carbonyl (C=O) groups is 2. The minimum absolute atomic E-state index is 0.0569. The van der Waals surface area contributed by atoms with Crippen molar-refractivity contribution in [1.29, 1.82) is 0 Å². The molecule has 0 spiro atoms. The van der Waals surface area contributed by atoms with Crippen molar-refractivity contribution < 1.29 is 22.4 Å². The molecule has 0 fully saturated rings. The van der Waals surface area contributed by atoms with Gasteiger partial charge in [-0.2, -0.15) is 0 Å². The van der Waals surface area contributed by atoms with Gasteiger partial charge in [0, 0.05) is 31.4 Å². The van der Waals surface area contributed by atoms with E-state index >= 15 is 0 Å². The van der Waals surface area contributed by atoms with Crippen LogP contribution in [0, 0.1) is 11.7 Å². The number of hydrogen-bond acceptors (Lipinski definition) is 4. The Bertz CT molecular complexity index is 1400. The molecule has 0 saturated heterocycles. The van der Waals surface area contributed by atoms with E-state index in [9.17, 15) is 22.4 Å². The van der Waals surface area contributed by atoms with Crippen LogP contribution in [-0.4, -0.2) is 44.3 Å². The number of halogens is 1. The zero-order chi connectivity index (χ0) is 26.7. The normalized spacial score (nSPS) is 14.7. The van der Waals surface area contributed by atoms with Crippen molar-refractivity contribution in [2.45, 2.75) is 51.1 Å². The molecule has 9 heteroatoms. The summed E-state index contributed by atoms with van der Waals surface area (Å²) in [6.45, 7) is 6.40. The first kappa shape index (κ1) is 26.6. The predicted octanol–water partition coefficient (Wildman–Crippen LogP) is 4.46. The van der Waals surface area contributed by atoms with E-state index in [1.165, 1.54) is 21.3 Å². The van der Waals surface area contributed by atoms with Gasteiger partial charge in [-0.05, 0) is 54.5 Å². The van der Waals surface area contributed by atoms with Crippen LogP contribution in [0.2, 0.25) is 0 Å². The third-order valence-corrected chi connectivity index (χ3v) is 8.41. The minimum Gasteiger partial charge on any atom is -0.354 e. The Morgan fingerprint density at radius 3 is 2.35 bits per heavy atom. The van der Waals surface area contributed by atoms with E-state index in [1.807, 2.05) is 32.0 Å². The van der Waals surface area contributed by atoms with Gasteiger partial charge in [0.05, 0.1) is 10.6 Å². The molecule has 1 N–H and O–H groups in total. The van der Waals surface area contributed by atoms with Crippen LogP contribution >= 0.6 is 0 Å². The van der Waals surface area contributed by atoms with Gasteiger partial charge in [-0.15, -0.1) is 0 Å². The number of rotatable bonds is 10. The number of nitrogens with one attached hydrogen (secondary N) is 1. The van der Waals surface area contributed by atoms with Crippen LogP contribution < -0.4 is 9.62 Å². The molecule has 0 aliphatic carbocycles. The highest BCUT2D eigenvalue weighted by molar-refractivity contribution is 7.93. The highest BCUT2D eigenvalue weighted by Crippen LogP contribution is 2.42. The zero-order valence-corrected chi connectivity index (χ0v) is 22.1. The largest absolute Gasteiger partial charge is 0.354 e. The van der Waals surface area contributed by atoms with Gasteiger partial charge in [0.15, 0.2) is 0 Å². The van der Waals surface area contributed by atoms with Crippen LogP contribution in [0.15, 0.2) is 65.6 Å². The summed E-state index contributed by atoms with van der Waals surface area (Å²) in [5.41, 5.74) is 1.31. The van der Waals surface area contributed by atoms with Gasteiger partial charge < -0.3 is 10.2 Å². The Hall–Kier alpha value is -3.46. The maximum atomic E-state index is 13.4. The lowest BCUT2D eigenvalue weighted by Gasteiger charge is -2.29. The fourth-order valence-corrected chi connectivity index (χ4v) is 6.29. The van der Waals surface area contributed by atoms with Crippen LogP contribution in [0.3, 0.4) is 0 Å². The summed E-state index contributed by atoms with van der Waals surface area (Å²) in [7, 11) is -3.71. The van der Waals surface area contributed by atoms with Gasteiger partial charge in [-0.1, -0.05) is 50.2 Å². The van der Waals surface area contributed by atoms with Crippen LogP contribution in [-0.2, 0) is 26.2 Å². The third kappa shape index (κ3) is 5.61. The zero-order valence-electron chi connectivity index (χ0n) is 21.3. The maximum absolute atomic E-state index is 13.4. The second kappa shape index (κ2) is 10.9. The number of anilines is 1. The molecular formula is C28H32FN3O4S. The average molecular weight is 526 g/mol. The molecule has 0 radical (unpaired) electrons. The fourth-order valence-electron chi connectivity index (χ4n) is 4.54. The van der Waals surface area contributed by atoms with E-state index in [1.54, 1.807) is 37.3 Å². The lowest BCUT2D eigenvalue weighted by molar-refractivity contribution is -0.140. The standard InChI is InChI=1S/C28H32FN3O4S/c1-19(2)17-30-28(34)20(3)31(18-21-12-14-23(29)15-13-21)26(33)11-6-16-32-24-9-4-7-22-8-5-10-25(27(22)24)37(32,35)36/h4-5,7-10,12-15,19-20H,6,11,16-18H2,1-3H3,(H,30,34)/t20-/m0/s1. The number of carbonyl (C=O) groups excluding carboxylic acids is 2. The van der Waals surface area contributed by atoms with Crippen LogP contribution in [0.5, 0.6) is 0 Å². The topological polar surface area (TPSA) is 86.8 Å². The predicted molar refractivity (Wildman–Crippen MR) is 142 cm³/mol. The van der Waals surface area contributed by atoms with Crippen molar-refractivity contribution in [3.05, 3.63) is 72.0 Å². The lowest BCUT2D eigenvalue weighted by Crippen LogP contribution is -2.48. The number of sulfonamides is 1. The van der Waals surface area contributed by atoms with Crippen LogP contribution in [0.4, 0.5) is 10.1 Å². The number of hydrogen-bond donors (Lipinski definition) is 1. The van der Waals surface area contributed by atoms with Crippen LogP contribution in [0.25, 0.3) is 10.8 Å². The van der Waals surface area contributed by atoms with Gasteiger partial charge >= 0.3 is 0 Å². The Morgan fingerprint density at radius 1 is 1.00 bits per heavy atom. The lowest BCUT2D eigenvalue weighted by atomic mass is 10.1. The molecule has 4 rings (SSSR count). The molecule has 0 bridgehead atoms. The Labute approximate surface area is 217 Å². The second-order valence-corrected chi connectivity index (χ2v) is 11.6. The SMILES string of the molecule is CC(C)CNC(=O)[C@H](C)N(Cc1ccc(F)cc1)C(=O)CCCN1c2cccc3cccc(c23)S1(=O)=O. The van der Waals surface area contributed by atoms with Gasteiger partial charge in [-0.25, -0.2) is 12.8 Å². The summed E-state index contributed by atoms with van der Waals surface area (Å²) in [4.78, 5) is 27.9. The van der Waals surface area contributed by atoms with E-state index in [4.69, 9.17) is 0 Å². The average Bonchev–Trinajstić information content (AvgIpc) is 3.09. The third-order valence-electron chi connectivity index (χ3n) is 6.55. The first-order chi connectivity index (χ1) is 17.6. The molecule has 0 saturated carbocycles. The van der Waals surface area contributed by atoms with E-state index in [2.05, 4.69) is 5.32 Å². The van der Waals surface area contributed by atoms with Crippen molar-refractivity contribution in [1.82, 2.24) is 10.2 Å². The van der Waals surface area contributed by atoms with Crippen molar-refractivity contribution in [2.75, 3.05) is 17.4 Å². The molecule has 196 valence electrons. The maximum Gasteiger partial charge on any atom is 0.265 e. The van der Waals surface area contributed by atoms with Crippen molar-refractivity contribution in [3.8, 4) is 0 Å². The summed E-state index contributed by atoms with van der Waals surface area (Å²) in [6.07, 6.45) is 0.337. The van der Waals surface area contributed by atoms with Crippen molar-refractivity contribution in [3.63, 3.8) is 0 Å². The highest BCUT2D eigenvalue weighted by atomic mass is 32.2. The minimum atomic E-state index is -3.71. The first-order valence-electron chi connectivity index (χ1n) is 12.5. The molecule has 1 atom stereocenters. The Kier molecular flexibility index (Phi) is 7.82. The molecule has 1 aliphatic heterocycles. The molecule has 3 aromatic rings. The Morgan fingerprint density at radius 2 is 1.68 bits per heavy atom. The van der Waals surface area contributed by atoms with Gasteiger partial charge in [-0.3, -0.25) is 13.9 Å². The van der Waals surface area contributed by atoms with Gasteiger partial charge in [0.25, 0.3) is 10.0 Å². The van der Waals surface area contributed by atoms with Crippen molar-refractivity contribution >= 4 is 38.3 Å². The number of amides is 2. The highest BCUT2D eigenvalue weighted by Gasteiger charge is 2.35. The van der Waals surface area contributed by atoms with E-state index < -0.39 is 16.1 Å². The van der Waals surface area contributed by atoms with Crippen LogP contribution in [0.1, 0.15) is 39.2 Å². The molecule has 0 unspecified atom stereocenters. The fraction of sp³-hybridized carbons (Fsp3) is 0.357. The molecule has 2 amide bonds. The monoisotopic (exact) mass is 525 g/mol. The number of nitrogens with zero attached hydrogens (tertiary/aromatic N) is 2. The molecule has 37 heavy (non-hydrogen) atoms. The van der Waals surface area contributed by atoms with Gasteiger partial charge in [0.1, 0.15) is 11.9 Å². The van der Waals surface area contributed by atoms with E-state index in [0.717, 1.165) is 5.39 Å². The quantitative estimate of drug-likeness (QED) is 0.424. The second-order valence-electron chi connectivity index (χ2n) is 9.78. The summed E-state index contributed by atoms with van der Waals surface area (Å²) < 4.78 is 41.2. The summed E-state index contributed by atoms with van der Waals surface area (Å²) in [6, 6.07) is 15.8. The van der Waals surface area contributed by atoms with E-state index in [-0.39, 0.29) is 54.4 Å². The number of benzene rings is 3. The van der Waals surface area contributed by atoms with Gasteiger partial charge in [0.2, 0.25) is 11.8 Å². The van der Waals surface area contributed by atoms with E-state index in [0.29, 0.717) is 23.2 Å². The summed E-state index contributed by atoms with van der Waals surface area (Å²) in [5, 5.41) is 4.41. The molecule has 0 aromatic heterocycles. The summed E-state index contributed by atoms with van der Waals surface area (Å²) >= 11 is 0. The molecule has 1 heterocycles. The summed E-state index contributed by atoms with van der Waals surface area (Å²) in [5.74, 6) is -0.669. The molecular weight excluding hydrogens is 493 g/mol. The Balaban J connectivity index is 1.48. The molecule has 1 aliphatic rings.